The van der Waals surface area contributed by atoms with Gasteiger partial charge in [0.2, 0.25) is 5.88 Å². The van der Waals surface area contributed by atoms with E-state index in [1.807, 2.05) is 14.0 Å². The molecule has 0 bridgehead atoms. The molecule has 94 valence electrons. The van der Waals surface area contributed by atoms with Crippen LogP contribution in [0.4, 0.5) is 5.82 Å². The first-order chi connectivity index (χ1) is 8.06. The van der Waals surface area contributed by atoms with Crippen LogP contribution in [0.5, 0.6) is 5.88 Å². The third-order valence-electron chi connectivity index (χ3n) is 2.43. The van der Waals surface area contributed by atoms with Crippen LogP contribution < -0.4 is 10.1 Å². The lowest BCUT2D eigenvalue weighted by atomic mass is 10.1. The Morgan fingerprint density at radius 1 is 1.47 bits per heavy atom. The predicted octanol–water partition coefficient (Wildman–Crippen LogP) is 2.99. The highest BCUT2D eigenvalue weighted by atomic mass is 16.5. The number of nitrogens with zero attached hydrogens (tertiary/aromatic N) is 2. The molecule has 1 N–H and O–H groups in total. The smallest absolute Gasteiger partial charge is 0.222 e. The molecule has 4 nitrogen and oxygen atoms in total. The van der Waals surface area contributed by atoms with Crippen molar-refractivity contribution in [2.75, 3.05) is 19.0 Å². The van der Waals surface area contributed by atoms with Gasteiger partial charge in [-0.15, -0.1) is 6.58 Å². The third kappa shape index (κ3) is 3.73. The highest BCUT2D eigenvalue weighted by molar-refractivity contribution is 5.50. The molecule has 0 aromatic carbocycles. The van der Waals surface area contributed by atoms with E-state index in [1.54, 1.807) is 0 Å². The van der Waals surface area contributed by atoms with Crippen molar-refractivity contribution < 1.29 is 4.74 Å². The van der Waals surface area contributed by atoms with Gasteiger partial charge in [0.25, 0.3) is 0 Å². The predicted molar refractivity (Wildman–Crippen MR) is 70.6 cm³/mol. The van der Waals surface area contributed by atoms with Crippen molar-refractivity contribution in [3.8, 4) is 5.88 Å². The molecule has 1 aromatic rings. The minimum absolute atomic E-state index is 0.318. The van der Waals surface area contributed by atoms with Crippen LogP contribution in [0.25, 0.3) is 0 Å². The Bertz CT molecular complexity index is 388. The second-order valence-electron chi connectivity index (χ2n) is 4.40. The second kappa shape index (κ2) is 6.23. The minimum atomic E-state index is 0.318. The summed E-state index contributed by atoms with van der Waals surface area (Å²) in [5.74, 6) is 1.82. The summed E-state index contributed by atoms with van der Waals surface area (Å²) in [5.41, 5.74) is 2.13. The van der Waals surface area contributed by atoms with E-state index >= 15 is 0 Å². The third-order valence-corrected chi connectivity index (χ3v) is 2.43. The standard InChI is InChI=1S/C13H21N3O/c1-9(2)6-7-17-13-11(10(3)4)12(14-5)15-8-16-13/h8,10H,1,6-7H2,2-5H3,(H,14,15,16). The molecule has 0 saturated carbocycles. The normalized spacial score (nSPS) is 10.4. The van der Waals surface area contributed by atoms with Crippen LogP contribution in [0, 0.1) is 0 Å². The van der Waals surface area contributed by atoms with Gasteiger partial charge in [-0.1, -0.05) is 19.4 Å². The van der Waals surface area contributed by atoms with Crippen LogP contribution in [0.3, 0.4) is 0 Å². The summed E-state index contributed by atoms with van der Waals surface area (Å²) < 4.78 is 5.70. The molecule has 0 fully saturated rings. The van der Waals surface area contributed by atoms with Gasteiger partial charge in [0, 0.05) is 13.5 Å². The van der Waals surface area contributed by atoms with Crippen molar-refractivity contribution in [3.05, 3.63) is 24.0 Å². The Balaban J connectivity index is 2.86. The molecule has 0 amide bonds. The largest absolute Gasteiger partial charge is 0.477 e. The van der Waals surface area contributed by atoms with Gasteiger partial charge in [0.1, 0.15) is 12.1 Å². The molecule has 0 aliphatic rings. The van der Waals surface area contributed by atoms with Crippen molar-refractivity contribution in [1.82, 2.24) is 9.97 Å². The lowest BCUT2D eigenvalue weighted by molar-refractivity contribution is 0.304. The second-order valence-corrected chi connectivity index (χ2v) is 4.40. The molecule has 1 rings (SSSR count). The fourth-order valence-corrected chi connectivity index (χ4v) is 1.54. The first kappa shape index (κ1) is 13.5. The lowest BCUT2D eigenvalue weighted by Crippen LogP contribution is -2.08. The summed E-state index contributed by atoms with van der Waals surface area (Å²) in [6.45, 7) is 10.7. The first-order valence-electron chi connectivity index (χ1n) is 5.86. The van der Waals surface area contributed by atoms with E-state index in [-0.39, 0.29) is 0 Å². The molecular weight excluding hydrogens is 214 g/mol. The molecule has 0 aliphatic heterocycles. The van der Waals surface area contributed by atoms with E-state index in [0.29, 0.717) is 18.4 Å². The molecule has 4 heteroatoms. The number of aromatic nitrogens is 2. The van der Waals surface area contributed by atoms with Crippen LogP contribution in [-0.2, 0) is 0 Å². The molecule has 1 aromatic heterocycles. The summed E-state index contributed by atoms with van der Waals surface area (Å²) in [7, 11) is 1.85. The fourth-order valence-electron chi connectivity index (χ4n) is 1.54. The van der Waals surface area contributed by atoms with Crippen LogP contribution in [0.15, 0.2) is 18.5 Å². The minimum Gasteiger partial charge on any atom is -0.477 e. The van der Waals surface area contributed by atoms with Gasteiger partial charge in [-0.25, -0.2) is 9.97 Å². The Morgan fingerprint density at radius 2 is 2.18 bits per heavy atom. The first-order valence-corrected chi connectivity index (χ1v) is 5.86. The average Bonchev–Trinajstić information content (AvgIpc) is 2.27. The summed E-state index contributed by atoms with van der Waals surface area (Å²) in [6.07, 6.45) is 2.37. The summed E-state index contributed by atoms with van der Waals surface area (Å²) in [6, 6.07) is 0. The summed E-state index contributed by atoms with van der Waals surface area (Å²) in [5, 5.41) is 3.07. The van der Waals surface area contributed by atoms with E-state index in [0.717, 1.165) is 23.4 Å². The van der Waals surface area contributed by atoms with Gasteiger partial charge < -0.3 is 10.1 Å². The van der Waals surface area contributed by atoms with E-state index < -0.39 is 0 Å². The SMILES string of the molecule is C=C(C)CCOc1ncnc(NC)c1C(C)C. The lowest BCUT2D eigenvalue weighted by Gasteiger charge is -2.15. The monoisotopic (exact) mass is 235 g/mol. The average molecular weight is 235 g/mol. The van der Waals surface area contributed by atoms with E-state index in [1.165, 1.54) is 6.33 Å². The zero-order valence-electron chi connectivity index (χ0n) is 11.1. The van der Waals surface area contributed by atoms with Crippen LogP contribution >= 0.6 is 0 Å². The Morgan fingerprint density at radius 3 is 2.71 bits per heavy atom. The molecule has 0 spiro atoms. The van der Waals surface area contributed by atoms with Crippen molar-refractivity contribution in [2.24, 2.45) is 0 Å². The number of nitrogens with one attached hydrogen (secondary N) is 1. The van der Waals surface area contributed by atoms with Crippen LogP contribution in [0.1, 0.15) is 38.7 Å². The summed E-state index contributed by atoms with van der Waals surface area (Å²) in [4.78, 5) is 8.40. The molecule has 1 heterocycles. The van der Waals surface area contributed by atoms with Crippen molar-refractivity contribution in [2.45, 2.75) is 33.1 Å². The van der Waals surface area contributed by atoms with Gasteiger partial charge >= 0.3 is 0 Å². The fraction of sp³-hybridized carbons (Fsp3) is 0.538. The number of ether oxygens (including phenoxy) is 1. The Hall–Kier alpha value is -1.58. The van der Waals surface area contributed by atoms with Crippen molar-refractivity contribution >= 4 is 5.82 Å². The molecule has 0 radical (unpaired) electrons. The number of hydrogen-bond donors (Lipinski definition) is 1. The van der Waals surface area contributed by atoms with E-state index in [2.05, 4.69) is 35.7 Å². The molecule has 17 heavy (non-hydrogen) atoms. The molecule has 0 aliphatic carbocycles. The molecular formula is C13H21N3O. The molecule has 0 saturated heterocycles. The number of rotatable bonds is 6. The highest BCUT2D eigenvalue weighted by Gasteiger charge is 2.15. The zero-order valence-corrected chi connectivity index (χ0v) is 11.1. The van der Waals surface area contributed by atoms with Gasteiger partial charge in [-0.2, -0.15) is 0 Å². The van der Waals surface area contributed by atoms with E-state index in [4.69, 9.17) is 4.74 Å². The maximum Gasteiger partial charge on any atom is 0.222 e. The van der Waals surface area contributed by atoms with Crippen molar-refractivity contribution in [1.29, 1.82) is 0 Å². The molecule has 0 unspecified atom stereocenters. The van der Waals surface area contributed by atoms with Crippen LogP contribution in [-0.4, -0.2) is 23.6 Å². The van der Waals surface area contributed by atoms with Gasteiger partial charge in [-0.3, -0.25) is 0 Å². The van der Waals surface area contributed by atoms with Crippen LogP contribution in [0.2, 0.25) is 0 Å². The van der Waals surface area contributed by atoms with E-state index in [9.17, 15) is 0 Å². The van der Waals surface area contributed by atoms with Gasteiger partial charge in [0.15, 0.2) is 0 Å². The Kier molecular flexibility index (Phi) is 4.94. The van der Waals surface area contributed by atoms with Gasteiger partial charge in [0.05, 0.1) is 12.2 Å². The van der Waals surface area contributed by atoms with Crippen molar-refractivity contribution in [3.63, 3.8) is 0 Å². The quantitative estimate of drug-likeness (QED) is 0.770. The van der Waals surface area contributed by atoms with Gasteiger partial charge in [-0.05, 0) is 12.8 Å². The molecule has 0 atom stereocenters. The summed E-state index contributed by atoms with van der Waals surface area (Å²) >= 11 is 0. The Labute approximate surface area is 103 Å². The maximum absolute atomic E-state index is 5.70. The number of anilines is 1. The number of hydrogen-bond acceptors (Lipinski definition) is 4. The maximum atomic E-state index is 5.70. The highest BCUT2D eigenvalue weighted by Crippen LogP contribution is 2.29. The topological polar surface area (TPSA) is 47.0 Å². The zero-order chi connectivity index (χ0) is 12.8.